The molecule has 0 aromatic carbocycles. The molecule has 0 spiro atoms. The lowest BCUT2D eigenvalue weighted by Gasteiger charge is -2.15. The Labute approximate surface area is 118 Å². The van der Waals surface area contributed by atoms with Crippen molar-refractivity contribution in [3.05, 3.63) is 24.0 Å². The van der Waals surface area contributed by atoms with E-state index >= 15 is 0 Å². The number of halogens is 3. The van der Waals surface area contributed by atoms with Gasteiger partial charge in [0.15, 0.2) is 0 Å². The molecular formula is C11H12F3N3O2S. The number of rotatable bonds is 4. The fourth-order valence-corrected chi connectivity index (χ4v) is 1.56. The molecule has 1 atom stereocenters. The lowest BCUT2D eigenvalue weighted by Crippen LogP contribution is -2.44. The molecule has 20 heavy (non-hydrogen) atoms. The summed E-state index contributed by atoms with van der Waals surface area (Å²) in [6.45, 7) is 1.24. The van der Waals surface area contributed by atoms with Crippen molar-refractivity contribution in [2.45, 2.75) is 19.1 Å². The van der Waals surface area contributed by atoms with Crippen LogP contribution in [0.3, 0.4) is 0 Å². The number of hydrogen-bond donors (Lipinski definition) is 3. The normalized spacial score (nSPS) is 12.7. The fraction of sp³-hybridized carbons (Fsp3) is 0.364. The van der Waals surface area contributed by atoms with Crippen molar-refractivity contribution in [2.24, 2.45) is 0 Å². The number of thiol groups is 1. The van der Waals surface area contributed by atoms with Crippen LogP contribution in [0.4, 0.5) is 18.9 Å². The van der Waals surface area contributed by atoms with Crippen LogP contribution >= 0.6 is 12.6 Å². The van der Waals surface area contributed by atoms with E-state index in [0.29, 0.717) is 0 Å². The highest BCUT2D eigenvalue weighted by Crippen LogP contribution is 2.27. The molecule has 1 rings (SSSR count). The van der Waals surface area contributed by atoms with Crippen molar-refractivity contribution in [1.82, 2.24) is 10.3 Å². The topological polar surface area (TPSA) is 71.1 Å². The number of carbonyl (C=O) groups is 2. The van der Waals surface area contributed by atoms with Crippen molar-refractivity contribution in [3.8, 4) is 0 Å². The lowest BCUT2D eigenvalue weighted by atomic mass is 10.2. The smallest absolute Gasteiger partial charge is 0.344 e. The van der Waals surface area contributed by atoms with Gasteiger partial charge in [0.2, 0.25) is 11.8 Å². The molecule has 1 aromatic rings. The summed E-state index contributed by atoms with van der Waals surface area (Å²) in [5.74, 6) is -0.944. The number of alkyl halides is 3. The molecule has 0 aliphatic heterocycles. The highest BCUT2D eigenvalue weighted by atomic mass is 32.1. The molecule has 0 saturated heterocycles. The summed E-state index contributed by atoms with van der Waals surface area (Å²) in [7, 11) is 0. The second kappa shape index (κ2) is 6.60. The van der Waals surface area contributed by atoms with Gasteiger partial charge in [0.25, 0.3) is 0 Å². The van der Waals surface area contributed by atoms with Gasteiger partial charge in [-0.2, -0.15) is 25.8 Å². The Balaban J connectivity index is 2.73. The Bertz CT molecular complexity index is 491. The van der Waals surface area contributed by atoms with Gasteiger partial charge in [-0.25, -0.2) is 4.98 Å². The molecule has 5 nitrogen and oxygen atoms in total. The Hall–Kier alpha value is -1.77. The molecule has 1 unspecified atom stereocenters. The van der Waals surface area contributed by atoms with Crippen LogP contribution in [0.5, 0.6) is 0 Å². The second-order valence-electron chi connectivity index (χ2n) is 3.85. The fourth-order valence-electron chi connectivity index (χ4n) is 1.30. The quantitative estimate of drug-likeness (QED) is 0.738. The average Bonchev–Trinajstić information content (AvgIpc) is 2.35. The zero-order chi connectivity index (χ0) is 15.3. The molecule has 0 aliphatic rings. The maximum atomic E-state index is 12.3. The summed E-state index contributed by atoms with van der Waals surface area (Å²) in [5.41, 5.74) is -0.955. The molecule has 9 heteroatoms. The third-order valence-electron chi connectivity index (χ3n) is 2.20. The largest absolute Gasteiger partial charge is 0.433 e. The van der Waals surface area contributed by atoms with Gasteiger partial charge >= 0.3 is 6.18 Å². The molecule has 1 heterocycles. The highest BCUT2D eigenvalue weighted by Gasteiger charge is 2.32. The highest BCUT2D eigenvalue weighted by molar-refractivity contribution is 7.80. The Morgan fingerprint density at radius 1 is 1.40 bits per heavy atom. The van der Waals surface area contributed by atoms with E-state index in [4.69, 9.17) is 0 Å². The summed E-state index contributed by atoms with van der Waals surface area (Å²) >= 11 is 3.91. The molecule has 110 valence electrons. The van der Waals surface area contributed by atoms with E-state index in [-0.39, 0.29) is 11.4 Å². The first kappa shape index (κ1) is 16.3. The lowest BCUT2D eigenvalue weighted by molar-refractivity contribution is -0.141. The average molecular weight is 307 g/mol. The first-order chi connectivity index (χ1) is 9.24. The number of anilines is 1. The van der Waals surface area contributed by atoms with Crippen LogP contribution < -0.4 is 10.6 Å². The van der Waals surface area contributed by atoms with E-state index < -0.39 is 29.7 Å². The van der Waals surface area contributed by atoms with Crippen molar-refractivity contribution < 1.29 is 22.8 Å². The maximum absolute atomic E-state index is 12.3. The van der Waals surface area contributed by atoms with Crippen LogP contribution in [0.2, 0.25) is 0 Å². The van der Waals surface area contributed by atoms with Crippen LogP contribution in [-0.4, -0.2) is 28.6 Å². The molecular weight excluding hydrogens is 295 g/mol. The van der Waals surface area contributed by atoms with Gasteiger partial charge in [-0.3, -0.25) is 9.59 Å². The standard InChI is InChI=1S/C11H12F3N3O2S/c1-6(18)16-8(5-20)10(19)17-7-2-3-9(15-4-7)11(12,13)14/h2-4,8,20H,5H2,1H3,(H,16,18)(H,17,19). The minimum atomic E-state index is -4.54. The summed E-state index contributed by atoms with van der Waals surface area (Å²) < 4.78 is 36.9. The molecule has 1 aromatic heterocycles. The van der Waals surface area contributed by atoms with Gasteiger partial charge in [0.05, 0.1) is 11.9 Å². The van der Waals surface area contributed by atoms with Gasteiger partial charge in [-0.1, -0.05) is 0 Å². The minimum Gasteiger partial charge on any atom is -0.344 e. The van der Waals surface area contributed by atoms with Gasteiger partial charge in [-0.05, 0) is 12.1 Å². The van der Waals surface area contributed by atoms with Crippen molar-refractivity contribution in [2.75, 3.05) is 11.1 Å². The Morgan fingerprint density at radius 2 is 2.05 bits per heavy atom. The predicted molar refractivity (Wildman–Crippen MR) is 69.3 cm³/mol. The van der Waals surface area contributed by atoms with Crippen molar-refractivity contribution in [3.63, 3.8) is 0 Å². The molecule has 0 fully saturated rings. The third-order valence-corrected chi connectivity index (χ3v) is 2.56. The summed E-state index contributed by atoms with van der Waals surface area (Å²) in [4.78, 5) is 25.8. The number of aromatic nitrogens is 1. The zero-order valence-electron chi connectivity index (χ0n) is 10.4. The third kappa shape index (κ3) is 4.72. The monoisotopic (exact) mass is 307 g/mol. The van der Waals surface area contributed by atoms with Crippen LogP contribution in [0.1, 0.15) is 12.6 Å². The molecule has 0 aliphatic carbocycles. The van der Waals surface area contributed by atoms with E-state index in [1.807, 2.05) is 0 Å². The number of amides is 2. The van der Waals surface area contributed by atoms with E-state index in [9.17, 15) is 22.8 Å². The van der Waals surface area contributed by atoms with Crippen molar-refractivity contribution >= 4 is 30.1 Å². The van der Waals surface area contributed by atoms with E-state index in [0.717, 1.165) is 18.3 Å². The van der Waals surface area contributed by atoms with Crippen LogP contribution in [0.15, 0.2) is 18.3 Å². The Kier molecular flexibility index (Phi) is 5.37. The number of hydrogen-bond acceptors (Lipinski definition) is 4. The zero-order valence-corrected chi connectivity index (χ0v) is 11.3. The SMILES string of the molecule is CC(=O)NC(CS)C(=O)Nc1ccc(C(F)(F)F)nc1. The Morgan fingerprint density at radius 3 is 2.45 bits per heavy atom. The van der Waals surface area contributed by atoms with Crippen molar-refractivity contribution in [1.29, 1.82) is 0 Å². The number of carbonyl (C=O) groups excluding carboxylic acids is 2. The first-order valence-corrected chi connectivity index (χ1v) is 6.09. The molecule has 2 amide bonds. The number of nitrogens with zero attached hydrogens (tertiary/aromatic N) is 1. The number of pyridine rings is 1. The summed E-state index contributed by atoms with van der Waals surface area (Å²) in [5, 5.41) is 4.70. The van der Waals surface area contributed by atoms with Crippen LogP contribution in [0.25, 0.3) is 0 Å². The maximum Gasteiger partial charge on any atom is 0.433 e. The van der Waals surface area contributed by atoms with Crippen LogP contribution in [0, 0.1) is 0 Å². The van der Waals surface area contributed by atoms with Gasteiger partial charge in [0, 0.05) is 12.7 Å². The number of nitrogens with one attached hydrogen (secondary N) is 2. The first-order valence-electron chi connectivity index (χ1n) is 5.46. The van der Waals surface area contributed by atoms with Crippen LogP contribution in [-0.2, 0) is 15.8 Å². The minimum absolute atomic E-state index is 0.0550. The predicted octanol–water partition coefficient (Wildman–Crippen LogP) is 1.47. The molecule has 0 radical (unpaired) electrons. The second-order valence-corrected chi connectivity index (χ2v) is 4.22. The van der Waals surface area contributed by atoms with Gasteiger partial charge in [0.1, 0.15) is 11.7 Å². The molecule has 0 saturated carbocycles. The van der Waals surface area contributed by atoms with E-state index in [2.05, 4.69) is 28.2 Å². The van der Waals surface area contributed by atoms with Gasteiger partial charge in [-0.15, -0.1) is 0 Å². The molecule has 2 N–H and O–H groups in total. The summed E-state index contributed by atoms with van der Waals surface area (Å²) in [6.07, 6.45) is -3.64. The van der Waals surface area contributed by atoms with E-state index in [1.165, 1.54) is 6.92 Å². The summed E-state index contributed by atoms with van der Waals surface area (Å²) in [6, 6.07) is 0.957. The van der Waals surface area contributed by atoms with E-state index in [1.54, 1.807) is 0 Å². The molecule has 0 bridgehead atoms. The van der Waals surface area contributed by atoms with Gasteiger partial charge < -0.3 is 10.6 Å².